The maximum Gasteiger partial charge on any atom is 0.307 e. The van der Waals surface area contributed by atoms with Gasteiger partial charge in [-0.2, -0.15) is 0 Å². The molecule has 0 radical (unpaired) electrons. The molecule has 1 aromatic heterocycles. The van der Waals surface area contributed by atoms with E-state index in [2.05, 4.69) is 4.98 Å². The number of anilines is 1. The number of carbonyl (C=O) groups is 2. The Morgan fingerprint density at radius 2 is 2.00 bits per heavy atom. The number of carbonyl (C=O) groups excluding carboxylic acids is 1. The van der Waals surface area contributed by atoms with Gasteiger partial charge in [-0.1, -0.05) is 12.1 Å². The van der Waals surface area contributed by atoms with Crippen LogP contribution in [0.25, 0.3) is 10.2 Å². The summed E-state index contributed by atoms with van der Waals surface area (Å²) in [5.41, 5.74) is -0.0749. The van der Waals surface area contributed by atoms with Gasteiger partial charge in [-0.15, -0.1) is 11.3 Å². The van der Waals surface area contributed by atoms with Crippen LogP contribution in [0.2, 0.25) is 0 Å². The predicted molar refractivity (Wildman–Crippen MR) is 93.8 cm³/mol. The Balaban J connectivity index is 1.74. The Hall–Kier alpha value is -3.14. The normalized spacial score (nSPS) is 16.2. The molecule has 1 unspecified atom stereocenters. The van der Waals surface area contributed by atoms with Crippen LogP contribution in [0.3, 0.4) is 0 Å². The number of hydrogen-bond acceptors (Lipinski definition) is 5. The summed E-state index contributed by atoms with van der Waals surface area (Å²) in [4.78, 5) is 29.0. The number of carboxylic acids is 1. The molecule has 2 aromatic carbocycles. The Morgan fingerprint density at radius 3 is 2.75 bits per heavy atom. The molecular weight excluding hydrogens is 397 g/mol. The summed E-state index contributed by atoms with van der Waals surface area (Å²) >= 11 is 0.788. The molecule has 0 saturated heterocycles. The summed E-state index contributed by atoms with van der Waals surface area (Å²) in [7, 11) is 0. The number of aliphatic carboxylic acids is 1. The predicted octanol–water partition coefficient (Wildman–Crippen LogP) is 3.48. The van der Waals surface area contributed by atoms with Gasteiger partial charge in [-0.05, 0) is 12.1 Å². The lowest BCUT2D eigenvalue weighted by molar-refractivity contribution is -0.142. The van der Waals surface area contributed by atoms with Crippen molar-refractivity contribution in [1.82, 2.24) is 4.98 Å². The molecule has 3 aromatic rings. The fourth-order valence-corrected chi connectivity index (χ4v) is 3.91. The third-order valence-corrected chi connectivity index (χ3v) is 5.23. The van der Waals surface area contributed by atoms with Crippen molar-refractivity contribution < 1.29 is 32.6 Å². The van der Waals surface area contributed by atoms with Crippen LogP contribution in [0, 0.1) is 17.5 Å². The molecule has 4 rings (SSSR count). The van der Waals surface area contributed by atoms with Gasteiger partial charge in [0.15, 0.2) is 17.7 Å². The zero-order chi connectivity index (χ0) is 20.0. The molecule has 1 amide bonds. The van der Waals surface area contributed by atoms with E-state index < -0.39 is 47.4 Å². The average Bonchev–Trinajstić information content (AvgIpc) is 3.07. The number of thiazole rings is 1. The highest BCUT2D eigenvalue weighted by molar-refractivity contribution is 7.18. The summed E-state index contributed by atoms with van der Waals surface area (Å²) in [6.07, 6.45) is -1.79. The first-order valence-electron chi connectivity index (χ1n) is 8.07. The molecule has 0 spiro atoms. The van der Waals surface area contributed by atoms with Crippen molar-refractivity contribution in [2.75, 3.05) is 4.90 Å². The number of benzene rings is 2. The van der Waals surface area contributed by atoms with Crippen molar-refractivity contribution in [2.45, 2.75) is 19.1 Å². The fourth-order valence-electron chi connectivity index (χ4n) is 2.96. The molecule has 0 bridgehead atoms. The highest BCUT2D eigenvalue weighted by atomic mass is 32.1. The number of carboxylic acid groups (broad SMARTS) is 1. The van der Waals surface area contributed by atoms with Crippen molar-refractivity contribution in [1.29, 1.82) is 0 Å². The first kappa shape index (κ1) is 18.2. The zero-order valence-electron chi connectivity index (χ0n) is 14.0. The third kappa shape index (κ3) is 3.05. The molecule has 6 nitrogen and oxygen atoms in total. The topological polar surface area (TPSA) is 79.7 Å². The molecule has 144 valence electrons. The molecular formula is C18H11F3N2O4S. The molecule has 2 heterocycles. The molecule has 1 atom stereocenters. The van der Waals surface area contributed by atoms with Gasteiger partial charge in [-0.25, -0.2) is 18.2 Å². The molecule has 28 heavy (non-hydrogen) atoms. The lowest BCUT2D eigenvalue weighted by atomic mass is 10.1. The number of fused-ring (bicyclic) bond motifs is 2. The SMILES string of the molecule is O=C(O)CC1Oc2ccccc2N(Cc2nc3c(F)c(F)cc(F)c3s2)C1=O. The van der Waals surface area contributed by atoms with Gasteiger partial charge in [0.1, 0.15) is 22.1 Å². The number of aromatic nitrogens is 1. The van der Waals surface area contributed by atoms with E-state index in [1.165, 1.54) is 4.90 Å². The Bertz CT molecular complexity index is 1120. The second-order valence-corrected chi connectivity index (χ2v) is 7.12. The van der Waals surface area contributed by atoms with E-state index in [9.17, 15) is 22.8 Å². The number of rotatable bonds is 4. The summed E-state index contributed by atoms with van der Waals surface area (Å²) in [6, 6.07) is 6.94. The smallest absolute Gasteiger partial charge is 0.307 e. The van der Waals surface area contributed by atoms with Crippen LogP contribution in [0.15, 0.2) is 30.3 Å². The van der Waals surface area contributed by atoms with Crippen LogP contribution in [-0.4, -0.2) is 28.1 Å². The van der Waals surface area contributed by atoms with E-state index in [-0.39, 0.29) is 16.3 Å². The number of hydrogen-bond donors (Lipinski definition) is 1. The van der Waals surface area contributed by atoms with Gasteiger partial charge in [0.25, 0.3) is 5.91 Å². The fraction of sp³-hybridized carbons (Fsp3) is 0.167. The van der Waals surface area contributed by atoms with Gasteiger partial charge in [-0.3, -0.25) is 14.5 Å². The van der Waals surface area contributed by atoms with E-state index in [4.69, 9.17) is 9.84 Å². The van der Waals surface area contributed by atoms with Crippen LogP contribution in [0.4, 0.5) is 18.9 Å². The highest BCUT2D eigenvalue weighted by Crippen LogP contribution is 2.37. The second-order valence-electron chi connectivity index (χ2n) is 6.04. The number of amides is 1. The zero-order valence-corrected chi connectivity index (χ0v) is 14.8. The van der Waals surface area contributed by atoms with Crippen molar-refractivity contribution in [2.24, 2.45) is 0 Å². The number of para-hydroxylation sites is 2. The van der Waals surface area contributed by atoms with Crippen molar-refractivity contribution in [3.05, 3.63) is 52.8 Å². The lowest BCUT2D eigenvalue weighted by Crippen LogP contribution is -2.46. The van der Waals surface area contributed by atoms with Gasteiger partial charge >= 0.3 is 5.97 Å². The summed E-state index contributed by atoms with van der Waals surface area (Å²) in [5, 5.41) is 9.17. The van der Waals surface area contributed by atoms with Gasteiger partial charge in [0.05, 0.1) is 23.4 Å². The molecule has 0 aliphatic carbocycles. The van der Waals surface area contributed by atoms with Crippen molar-refractivity contribution in [3.8, 4) is 5.75 Å². The minimum Gasteiger partial charge on any atom is -0.481 e. The Morgan fingerprint density at radius 1 is 1.25 bits per heavy atom. The summed E-state index contributed by atoms with van der Waals surface area (Å²) < 4.78 is 46.6. The van der Waals surface area contributed by atoms with E-state index >= 15 is 0 Å². The average molecular weight is 408 g/mol. The van der Waals surface area contributed by atoms with E-state index in [0.717, 1.165) is 11.3 Å². The van der Waals surface area contributed by atoms with Gasteiger partial charge in [0.2, 0.25) is 0 Å². The second kappa shape index (κ2) is 6.79. The van der Waals surface area contributed by atoms with Crippen molar-refractivity contribution in [3.63, 3.8) is 0 Å². The quantitative estimate of drug-likeness (QED) is 0.669. The molecule has 10 heteroatoms. The first-order chi connectivity index (χ1) is 13.3. The third-order valence-electron chi connectivity index (χ3n) is 4.18. The minimum atomic E-state index is -1.35. The largest absolute Gasteiger partial charge is 0.481 e. The van der Waals surface area contributed by atoms with E-state index in [1.54, 1.807) is 24.3 Å². The van der Waals surface area contributed by atoms with E-state index in [1.807, 2.05) is 0 Å². The van der Waals surface area contributed by atoms with Crippen LogP contribution in [-0.2, 0) is 16.1 Å². The molecule has 1 aliphatic rings. The minimum absolute atomic E-state index is 0.162. The number of ether oxygens (including phenoxy) is 1. The Labute approximate surface area is 159 Å². The maximum absolute atomic E-state index is 13.9. The Kier molecular flexibility index (Phi) is 4.42. The van der Waals surface area contributed by atoms with Crippen LogP contribution in [0.1, 0.15) is 11.4 Å². The van der Waals surface area contributed by atoms with E-state index in [0.29, 0.717) is 17.5 Å². The lowest BCUT2D eigenvalue weighted by Gasteiger charge is -2.33. The number of halogens is 3. The van der Waals surface area contributed by atoms with Crippen LogP contribution >= 0.6 is 11.3 Å². The first-order valence-corrected chi connectivity index (χ1v) is 8.88. The summed E-state index contributed by atoms with van der Waals surface area (Å²) in [6.45, 7) is -0.171. The van der Waals surface area contributed by atoms with Gasteiger partial charge in [0, 0.05) is 6.07 Å². The van der Waals surface area contributed by atoms with Crippen molar-refractivity contribution >= 4 is 39.1 Å². The molecule has 0 fully saturated rings. The summed E-state index contributed by atoms with van der Waals surface area (Å²) in [5.74, 6) is -5.09. The molecule has 0 saturated carbocycles. The molecule has 1 aliphatic heterocycles. The monoisotopic (exact) mass is 408 g/mol. The number of nitrogens with zero attached hydrogens (tertiary/aromatic N) is 2. The maximum atomic E-state index is 13.9. The van der Waals surface area contributed by atoms with Crippen LogP contribution < -0.4 is 9.64 Å². The van der Waals surface area contributed by atoms with Gasteiger partial charge < -0.3 is 9.84 Å². The van der Waals surface area contributed by atoms with Crippen LogP contribution in [0.5, 0.6) is 5.75 Å². The molecule has 1 N–H and O–H groups in total. The standard InChI is InChI=1S/C18H11F3N2O4S/c19-8-5-9(20)17-16(15(8)21)22-13(28-17)7-23-10-3-1-2-4-11(10)27-12(18(23)26)6-14(24)25/h1-5,12H,6-7H2,(H,24,25). The highest BCUT2D eigenvalue weighted by Gasteiger charge is 2.36.